The number of benzene rings is 1. The predicted molar refractivity (Wildman–Crippen MR) is 96.5 cm³/mol. The van der Waals surface area contributed by atoms with Crippen LogP contribution in [0, 0.1) is 5.92 Å². The molecule has 1 saturated carbocycles. The van der Waals surface area contributed by atoms with Gasteiger partial charge in [-0.1, -0.05) is 24.2 Å². The molecule has 1 amide bonds. The molecule has 1 N–H and O–H groups in total. The van der Waals surface area contributed by atoms with Gasteiger partial charge in [0.1, 0.15) is 5.76 Å². The number of hydrogen-bond acceptors (Lipinski definition) is 4. The number of nitrogens with zero attached hydrogens (tertiary/aromatic N) is 2. The predicted octanol–water partition coefficient (Wildman–Crippen LogP) is 4.04. The van der Waals surface area contributed by atoms with Crippen molar-refractivity contribution in [3.05, 3.63) is 47.3 Å². The van der Waals surface area contributed by atoms with Crippen molar-refractivity contribution >= 4 is 11.6 Å². The second-order valence-corrected chi connectivity index (χ2v) is 7.50. The number of amides is 1. The lowest BCUT2D eigenvalue weighted by atomic mass is 9.99. The van der Waals surface area contributed by atoms with E-state index in [1.54, 1.807) is 6.07 Å². The summed E-state index contributed by atoms with van der Waals surface area (Å²) in [5, 5.41) is 6.77. The fourth-order valence-electron chi connectivity index (χ4n) is 3.32. The Hall–Kier alpha value is -2.14. The van der Waals surface area contributed by atoms with Gasteiger partial charge in [-0.25, -0.2) is 0 Å². The van der Waals surface area contributed by atoms with Crippen LogP contribution in [0.5, 0.6) is 0 Å². The fraction of sp³-hybridized carbons (Fsp3) is 0.500. The molecule has 4 rings (SSSR count). The van der Waals surface area contributed by atoms with Gasteiger partial charge in [0.2, 0.25) is 0 Å². The summed E-state index contributed by atoms with van der Waals surface area (Å²) in [4.78, 5) is 14.8. The first-order chi connectivity index (χ1) is 12.2. The van der Waals surface area contributed by atoms with Crippen molar-refractivity contribution in [3.63, 3.8) is 0 Å². The minimum Gasteiger partial charge on any atom is -0.360 e. The van der Waals surface area contributed by atoms with Crippen LogP contribution in [0.2, 0.25) is 0 Å². The van der Waals surface area contributed by atoms with Crippen LogP contribution in [0.3, 0.4) is 0 Å². The smallest absolute Gasteiger partial charge is 0.277 e. The molecule has 25 heavy (non-hydrogen) atoms. The molecule has 1 aromatic heterocycles. The SMILES string of the molecule is CC1CCN(Cc2ccc(NC(=O)c3cc(C4CC4)on3)cc2)CC1. The van der Waals surface area contributed by atoms with Crippen molar-refractivity contribution in [1.82, 2.24) is 10.1 Å². The highest BCUT2D eigenvalue weighted by atomic mass is 16.5. The van der Waals surface area contributed by atoms with Crippen molar-refractivity contribution in [1.29, 1.82) is 0 Å². The van der Waals surface area contributed by atoms with E-state index in [1.165, 1.54) is 31.5 Å². The van der Waals surface area contributed by atoms with Gasteiger partial charge in [-0.05, 0) is 62.4 Å². The number of rotatable bonds is 5. The zero-order valence-corrected chi connectivity index (χ0v) is 14.7. The summed E-state index contributed by atoms with van der Waals surface area (Å²) in [5.74, 6) is 1.93. The average Bonchev–Trinajstić information content (AvgIpc) is 3.35. The molecule has 5 heteroatoms. The molecule has 5 nitrogen and oxygen atoms in total. The number of likely N-dealkylation sites (tertiary alicyclic amines) is 1. The maximum atomic E-state index is 12.3. The summed E-state index contributed by atoms with van der Waals surface area (Å²) in [6, 6.07) is 9.86. The van der Waals surface area contributed by atoms with Gasteiger partial charge in [0, 0.05) is 24.2 Å². The molecule has 2 aliphatic rings. The molecule has 0 radical (unpaired) electrons. The number of piperidine rings is 1. The first-order valence-electron chi connectivity index (χ1n) is 9.26. The second kappa shape index (κ2) is 7.00. The Bertz CT molecular complexity index is 726. The van der Waals surface area contributed by atoms with E-state index in [4.69, 9.17) is 4.52 Å². The number of anilines is 1. The van der Waals surface area contributed by atoms with Crippen molar-refractivity contribution in [2.24, 2.45) is 5.92 Å². The summed E-state index contributed by atoms with van der Waals surface area (Å²) in [7, 11) is 0. The second-order valence-electron chi connectivity index (χ2n) is 7.50. The van der Waals surface area contributed by atoms with Crippen molar-refractivity contribution in [2.45, 2.75) is 45.1 Å². The highest BCUT2D eigenvalue weighted by molar-refractivity contribution is 6.02. The van der Waals surface area contributed by atoms with Crippen LogP contribution in [0.1, 0.15) is 60.3 Å². The molecule has 1 saturated heterocycles. The first-order valence-corrected chi connectivity index (χ1v) is 9.26. The van der Waals surface area contributed by atoms with Crippen molar-refractivity contribution in [3.8, 4) is 0 Å². The summed E-state index contributed by atoms with van der Waals surface area (Å²) in [6.07, 6.45) is 4.84. The number of carbonyl (C=O) groups is 1. The Morgan fingerprint density at radius 1 is 1.20 bits per heavy atom. The van der Waals surface area contributed by atoms with Gasteiger partial charge in [-0.3, -0.25) is 9.69 Å². The first kappa shape index (κ1) is 16.3. The lowest BCUT2D eigenvalue weighted by Gasteiger charge is -2.30. The van der Waals surface area contributed by atoms with E-state index in [-0.39, 0.29) is 5.91 Å². The molecule has 1 aromatic carbocycles. The zero-order valence-electron chi connectivity index (χ0n) is 14.7. The number of carbonyl (C=O) groups excluding carboxylic acids is 1. The highest BCUT2D eigenvalue weighted by Gasteiger charge is 2.28. The van der Waals surface area contributed by atoms with E-state index in [9.17, 15) is 4.79 Å². The largest absolute Gasteiger partial charge is 0.360 e. The number of nitrogens with one attached hydrogen (secondary N) is 1. The third-order valence-electron chi connectivity index (χ3n) is 5.23. The molecule has 2 aromatic rings. The lowest BCUT2D eigenvalue weighted by Crippen LogP contribution is -2.32. The number of hydrogen-bond donors (Lipinski definition) is 1. The maximum absolute atomic E-state index is 12.3. The van der Waals surface area contributed by atoms with Gasteiger partial charge in [-0.15, -0.1) is 0 Å². The Morgan fingerprint density at radius 3 is 2.60 bits per heavy atom. The van der Waals surface area contributed by atoms with Gasteiger partial charge in [0.15, 0.2) is 5.69 Å². The molecular formula is C20H25N3O2. The summed E-state index contributed by atoms with van der Waals surface area (Å²) in [6.45, 7) is 5.66. The molecule has 0 unspecified atom stereocenters. The Kier molecular flexibility index (Phi) is 4.57. The van der Waals surface area contributed by atoms with Crippen molar-refractivity contribution in [2.75, 3.05) is 18.4 Å². The van der Waals surface area contributed by atoms with Gasteiger partial charge in [0.05, 0.1) is 0 Å². The van der Waals surface area contributed by atoms with Crippen LogP contribution in [0.25, 0.3) is 0 Å². The van der Waals surface area contributed by atoms with Crippen LogP contribution < -0.4 is 5.32 Å². The van der Waals surface area contributed by atoms with Crippen LogP contribution >= 0.6 is 0 Å². The molecule has 0 atom stereocenters. The summed E-state index contributed by atoms with van der Waals surface area (Å²) >= 11 is 0. The quantitative estimate of drug-likeness (QED) is 0.893. The molecule has 1 aliphatic heterocycles. The third kappa shape index (κ3) is 4.10. The summed E-state index contributed by atoms with van der Waals surface area (Å²) < 4.78 is 5.24. The summed E-state index contributed by atoms with van der Waals surface area (Å²) in [5.41, 5.74) is 2.43. The molecule has 1 aliphatic carbocycles. The Labute approximate surface area is 148 Å². The van der Waals surface area contributed by atoms with Gasteiger partial charge in [0.25, 0.3) is 5.91 Å². The molecule has 132 valence electrons. The normalized spacial score (nSPS) is 19.1. The van der Waals surface area contributed by atoms with Crippen LogP contribution in [0.4, 0.5) is 5.69 Å². The van der Waals surface area contributed by atoms with Gasteiger partial charge >= 0.3 is 0 Å². The fourth-order valence-corrected chi connectivity index (χ4v) is 3.32. The topological polar surface area (TPSA) is 58.4 Å². The van der Waals surface area contributed by atoms with Gasteiger partial charge < -0.3 is 9.84 Å². The average molecular weight is 339 g/mol. The highest BCUT2D eigenvalue weighted by Crippen LogP contribution is 2.40. The van der Waals surface area contributed by atoms with E-state index in [0.29, 0.717) is 11.6 Å². The van der Waals surface area contributed by atoms with Crippen molar-refractivity contribution < 1.29 is 9.32 Å². The molecule has 0 spiro atoms. The van der Waals surface area contributed by atoms with E-state index in [2.05, 4.69) is 34.4 Å². The van der Waals surface area contributed by atoms with E-state index in [1.807, 2.05) is 12.1 Å². The van der Waals surface area contributed by atoms with E-state index < -0.39 is 0 Å². The van der Waals surface area contributed by atoms with E-state index >= 15 is 0 Å². The van der Waals surface area contributed by atoms with Crippen LogP contribution in [0.15, 0.2) is 34.9 Å². The molecule has 0 bridgehead atoms. The monoisotopic (exact) mass is 339 g/mol. The minimum atomic E-state index is -0.214. The Morgan fingerprint density at radius 2 is 1.92 bits per heavy atom. The van der Waals surface area contributed by atoms with E-state index in [0.717, 1.165) is 36.8 Å². The van der Waals surface area contributed by atoms with Gasteiger partial charge in [-0.2, -0.15) is 0 Å². The maximum Gasteiger partial charge on any atom is 0.277 e. The Balaban J connectivity index is 1.32. The van der Waals surface area contributed by atoms with Crippen LogP contribution in [-0.2, 0) is 6.54 Å². The lowest BCUT2D eigenvalue weighted by molar-refractivity contribution is 0.101. The molecule has 2 fully saturated rings. The molecular weight excluding hydrogens is 314 g/mol. The molecule has 2 heterocycles. The zero-order chi connectivity index (χ0) is 17.2. The number of aromatic nitrogens is 1. The van der Waals surface area contributed by atoms with Crippen LogP contribution in [-0.4, -0.2) is 29.1 Å². The standard InChI is InChI=1S/C20H25N3O2/c1-14-8-10-23(11-9-14)13-15-2-6-17(7-3-15)21-20(24)18-12-19(25-22-18)16-4-5-16/h2-3,6-7,12,14,16H,4-5,8-11,13H2,1H3,(H,21,24). The minimum absolute atomic E-state index is 0.214. The third-order valence-corrected chi connectivity index (χ3v) is 5.23.